The molecule has 1 aromatic heterocycles. The Morgan fingerprint density at radius 2 is 1.65 bits per heavy atom. The molecule has 1 heterocycles. The fourth-order valence-electron chi connectivity index (χ4n) is 2.59. The molecule has 0 spiro atoms. The topological polar surface area (TPSA) is 88.2 Å². The van der Waals surface area contributed by atoms with Crippen LogP contribution in [0.4, 0.5) is 24.5 Å². The number of carbonyl (C=O) groups excluding carboxylic acids is 1. The van der Waals surface area contributed by atoms with Crippen LogP contribution in [0.3, 0.4) is 0 Å². The van der Waals surface area contributed by atoms with E-state index in [9.17, 15) is 26.4 Å². The maximum atomic E-state index is 12.8. The molecule has 31 heavy (non-hydrogen) atoms. The first-order valence-corrected chi connectivity index (χ1v) is 10.6. The van der Waals surface area contributed by atoms with E-state index < -0.39 is 27.8 Å². The number of hydrogen-bond donors (Lipinski definition) is 2. The lowest BCUT2D eigenvalue weighted by atomic mass is 10.2. The zero-order valence-corrected chi connectivity index (χ0v) is 17.4. The van der Waals surface area contributed by atoms with E-state index in [4.69, 9.17) is 11.6 Å². The minimum atomic E-state index is -4.62. The van der Waals surface area contributed by atoms with E-state index in [1.807, 2.05) is 0 Å². The van der Waals surface area contributed by atoms with Crippen molar-refractivity contribution < 1.29 is 26.4 Å². The van der Waals surface area contributed by atoms with Gasteiger partial charge >= 0.3 is 6.18 Å². The van der Waals surface area contributed by atoms with Crippen LogP contribution in [0.5, 0.6) is 0 Å². The van der Waals surface area contributed by atoms with Crippen LogP contribution < -0.4 is 10.0 Å². The largest absolute Gasteiger partial charge is 0.433 e. The van der Waals surface area contributed by atoms with Gasteiger partial charge in [0.25, 0.3) is 15.9 Å². The summed E-state index contributed by atoms with van der Waals surface area (Å²) in [7, 11) is -3.98. The van der Waals surface area contributed by atoms with Crippen LogP contribution in [0.15, 0.2) is 65.7 Å². The molecule has 0 saturated heterocycles. The minimum Gasteiger partial charge on any atom is -0.322 e. The van der Waals surface area contributed by atoms with E-state index >= 15 is 0 Å². The van der Waals surface area contributed by atoms with Gasteiger partial charge < -0.3 is 5.32 Å². The Balaban J connectivity index is 1.81. The van der Waals surface area contributed by atoms with Crippen LogP contribution in [0.25, 0.3) is 0 Å². The van der Waals surface area contributed by atoms with E-state index in [1.54, 1.807) is 6.92 Å². The molecule has 0 radical (unpaired) electrons. The fourth-order valence-corrected chi connectivity index (χ4v) is 4.05. The summed E-state index contributed by atoms with van der Waals surface area (Å²) in [6.45, 7) is 1.59. The third-order valence-corrected chi connectivity index (χ3v) is 5.92. The Morgan fingerprint density at radius 3 is 2.23 bits per heavy atom. The number of anilines is 2. The lowest BCUT2D eigenvalue weighted by Gasteiger charge is -2.13. The van der Waals surface area contributed by atoms with Gasteiger partial charge in [-0.05, 0) is 61.0 Å². The third kappa shape index (κ3) is 5.53. The van der Waals surface area contributed by atoms with Crippen molar-refractivity contribution >= 4 is 38.9 Å². The van der Waals surface area contributed by atoms with Gasteiger partial charge in [-0.3, -0.25) is 14.5 Å². The Bertz CT molecular complexity index is 1210. The smallest absolute Gasteiger partial charge is 0.322 e. The molecule has 3 rings (SSSR count). The molecule has 162 valence electrons. The van der Waals surface area contributed by atoms with E-state index in [0.717, 1.165) is 12.3 Å². The SMILES string of the molecule is Cc1ccc(NC(=O)c2ccc(C(F)(F)F)nc2)cc1S(=O)(=O)Nc1ccc(Cl)cc1. The number of pyridine rings is 1. The van der Waals surface area contributed by atoms with Gasteiger partial charge in [0.2, 0.25) is 0 Å². The van der Waals surface area contributed by atoms with Crippen molar-refractivity contribution in [2.45, 2.75) is 18.0 Å². The number of sulfonamides is 1. The highest BCUT2D eigenvalue weighted by Crippen LogP contribution is 2.28. The monoisotopic (exact) mass is 469 g/mol. The first kappa shape index (κ1) is 22.6. The Hall–Kier alpha value is -3.11. The number of rotatable bonds is 5. The molecule has 2 aromatic carbocycles. The van der Waals surface area contributed by atoms with Crippen LogP contribution in [0, 0.1) is 6.92 Å². The van der Waals surface area contributed by atoms with Crippen LogP contribution in [0.2, 0.25) is 5.02 Å². The van der Waals surface area contributed by atoms with Crippen LogP contribution in [-0.2, 0) is 16.2 Å². The highest BCUT2D eigenvalue weighted by atomic mass is 35.5. The van der Waals surface area contributed by atoms with Crippen molar-refractivity contribution in [3.63, 3.8) is 0 Å². The summed E-state index contributed by atoms with van der Waals surface area (Å²) in [5.41, 5.74) is -0.366. The van der Waals surface area contributed by atoms with Crippen molar-refractivity contribution in [2.75, 3.05) is 10.0 Å². The summed E-state index contributed by atoms with van der Waals surface area (Å²) in [5, 5.41) is 2.90. The molecule has 0 fully saturated rings. The van der Waals surface area contributed by atoms with Crippen molar-refractivity contribution in [3.05, 3.63) is 82.6 Å². The zero-order valence-electron chi connectivity index (χ0n) is 15.9. The van der Waals surface area contributed by atoms with Crippen molar-refractivity contribution in [1.82, 2.24) is 4.98 Å². The lowest BCUT2D eigenvalue weighted by molar-refractivity contribution is -0.141. The Morgan fingerprint density at radius 1 is 1.00 bits per heavy atom. The molecule has 1 amide bonds. The second-order valence-corrected chi connectivity index (χ2v) is 8.56. The number of halogens is 4. The quantitative estimate of drug-likeness (QED) is 0.543. The summed E-state index contributed by atoms with van der Waals surface area (Å²) in [6.07, 6.45) is -3.82. The van der Waals surface area contributed by atoms with Crippen molar-refractivity contribution in [3.8, 4) is 0 Å². The molecule has 0 aliphatic rings. The van der Waals surface area contributed by atoms with Crippen LogP contribution >= 0.6 is 11.6 Å². The van der Waals surface area contributed by atoms with Crippen molar-refractivity contribution in [1.29, 1.82) is 0 Å². The van der Waals surface area contributed by atoms with E-state index in [0.29, 0.717) is 22.3 Å². The highest BCUT2D eigenvalue weighted by Gasteiger charge is 2.32. The molecular formula is C20H15ClF3N3O3S. The van der Waals surface area contributed by atoms with Gasteiger partial charge in [0, 0.05) is 22.6 Å². The molecule has 3 aromatic rings. The number of alkyl halides is 3. The summed E-state index contributed by atoms with van der Waals surface area (Å²) in [4.78, 5) is 15.5. The number of aryl methyl sites for hydroxylation is 1. The number of carbonyl (C=O) groups is 1. The van der Waals surface area contributed by atoms with Gasteiger partial charge in [-0.1, -0.05) is 17.7 Å². The van der Waals surface area contributed by atoms with Gasteiger partial charge in [-0.15, -0.1) is 0 Å². The summed E-state index contributed by atoms with van der Waals surface area (Å²) in [6, 6.07) is 12.0. The average molecular weight is 470 g/mol. The maximum absolute atomic E-state index is 12.8. The first-order chi connectivity index (χ1) is 14.5. The van der Waals surface area contributed by atoms with Crippen LogP contribution in [-0.4, -0.2) is 19.3 Å². The molecule has 11 heteroatoms. The summed E-state index contributed by atoms with van der Waals surface area (Å²) >= 11 is 5.80. The number of benzene rings is 2. The number of nitrogens with zero attached hydrogens (tertiary/aromatic N) is 1. The number of amides is 1. The van der Waals surface area contributed by atoms with E-state index in [2.05, 4.69) is 15.0 Å². The second kappa shape index (κ2) is 8.56. The van der Waals surface area contributed by atoms with Gasteiger partial charge in [0.05, 0.1) is 10.5 Å². The third-order valence-electron chi connectivity index (χ3n) is 4.15. The van der Waals surface area contributed by atoms with Gasteiger partial charge in [-0.25, -0.2) is 8.42 Å². The van der Waals surface area contributed by atoms with Gasteiger partial charge in [-0.2, -0.15) is 13.2 Å². The predicted octanol–water partition coefficient (Wildman–Crippen LogP) is 5.12. The lowest BCUT2D eigenvalue weighted by Crippen LogP contribution is -2.17. The van der Waals surface area contributed by atoms with Gasteiger partial charge in [0.15, 0.2) is 0 Å². The molecule has 0 saturated carbocycles. The van der Waals surface area contributed by atoms with Crippen LogP contribution in [0.1, 0.15) is 21.6 Å². The Labute approximate surface area is 181 Å². The molecule has 0 aliphatic heterocycles. The molecule has 0 aliphatic carbocycles. The van der Waals surface area contributed by atoms with E-state index in [-0.39, 0.29) is 16.1 Å². The average Bonchev–Trinajstić information content (AvgIpc) is 2.70. The van der Waals surface area contributed by atoms with E-state index in [1.165, 1.54) is 42.5 Å². The predicted molar refractivity (Wildman–Crippen MR) is 111 cm³/mol. The first-order valence-electron chi connectivity index (χ1n) is 8.69. The normalized spacial score (nSPS) is 11.8. The number of aromatic nitrogens is 1. The minimum absolute atomic E-state index is 0.0780. The number of hydrogen-bond acceptors (Lipinski definition) is 4. The summed E-state index contributed by atoms with van der Waals surface area (Å²) < 4.78 is 65.8. The molecule has 6 nitrogen and oxygen atoms in total. The number of nitrogens with one attached hydrogen (secondary N) is 2. The van der Waals surface area contributed by atoms with Gasteiger partial charge in [0.1, 0.15) is 5.69 Å². The summed E-state index contributed by atoms with van der Waals surface area (Å²) in [5.74, 6) is -0.737. The molecule has 2 N–H and O–H groups in total. The molecular weight excluding hydrogens is 455 g/mol. The van der Waals surface area contributed by atoms with Crippen molar-refractivity contribution in [2.24, 2.45) is 0 Å². The fraction of sp³-hybridized carbons (Fsp3) is 0.100. The maximum Gasteiger partial charge on any atom is 0.433 e. The highest BCUT2D eigenvalue weighted by molar-refractivity contribution is 7.92. The second-order valence-electron chi connectivity index (χ2n) is 6.48. The molecule has 0 atom stereocenters. The molecule has 0 unspecified atom stereocenters. The zero-order chi connectivity index (χ0) is 22.8. The molecule has 0 bridgehead atoms. The Kier molecular flexibility index (Phi) is 6.23. The standard InChI is InChI=1S/C20H15ClF3N3O3S/c1-12-2-6-16(26-19(28)13-3-9-18(25-11-13)20(22,23)24)10-17(12)31(29,30)27-15-7-4-14(21)5-8-15/h2-11,27H,1H3,(H,26,28).